The highest BCUT2D eigenvalue weighted by Crippen LogP contribution is 2.28. The molecule has 3 heterocycles. The Morgan fingerprint density at radius 1 is 1.07 bits per heavy atom. The largest absolute Gasteiger partial charge is 0.394 e. The number of amides is 4. The molecule has 1 aromatic carbocycles. The van der Waals surface area contributed by atoms with Crippen LogP contribution in [0.25, 0.3) is 0 Å². The summed E-state index contributed by atoms with van der Waals surface area (Å²) in [6.45, 7) is 10.5. The topological polar surface area (TPSA) is 171 Å². The molecule has 3 aliphatic rings. The maximum Gasteiger partial charge on any atom is 0.264 e. The van der Waals surface area contributed by atoms with Crippen molar-refractivity contribution >= 4 is 29.8 Å². The van der Waals surface area contributed by atoms with E-state index in [1.54, 1.807) is 13.0 Å². The predicted octanol–water partition coefficient (Wildman–Crippen LogP) is 0.487. The number of carbonyl (C=O) groups excluding carboxylic acids is 4. The molecule has 1 unspecified atom stereocenters. The Kier molecular flexibility index (Phi) is 10.1. The second kappa shape index (κ2) is 13.7. The van der Waals surface area contributed by atoms with Crippen LogP contribution in [-0.4, -0.2) is 90.7 Å². The maximum atomic E-state index is 15.2. The summed E-state index contributed by atoms with van der Waals surface area (Å²) in [5.74, 6) is -1.18. The lowest BCUT2D eigenvalue weighted by Crippen LogP contribution is -2.51. The predicted molar refractivity (Wildman–Crippen MR) is 160 cm³/mol. The average molecular weight is 597 g/mol. The molecular formula is C30H41FN8O4. The standard InChI is InChI=1S/C30H41FN8O4/c1-19-15-23(31)26(16-22(19)30(43)39(18-40)25-5-3-20(2)35-29(25)42)37-13-11-36(12-14-37)17-21-7-9-38(10-8-21)27(33)6-4-24(32)28(34)41/h4,6,15-16,18,21,25H,2-3,5,7-14,17,32-33H2,1H3,(H2,34,41)(H,35,42)/b24-4-,27-6+. The number of halogens is 1. The fourth-order valence-corrected chi connectivity index (χ4v) is 5.84. The van der Waals surface area contributed by atoms with Gasteiger partial charge in [0, 0.05) is 57.1 Å². The number of likely N-dealkylation sites (tertiary alicyclic amines) is 1. The summed E-state index contributed by atoms with van der Waals surface area (Å²) in [5.41, 5.74) is 18.2. The van der Waals surface area contributed by atoms with Crippen LogP contribution in [0.3, 0.4) is 0 Å². The number of allylic oxidation sites excluding steroid dienone is 3. The van der Waals surface area contributed by atoms with E-state index in [0.29, 0.717) is 54.6 Å². The van der Waals surface area contributed by atoms with Crippen molar-refractivity contribution in [3.05, 3.63) is 65.0 Å². The number of carbonyl (C=O) groups is 4. The first-order chi connectivity index (χ1) is 20.5. The molecule has 3 fully saturated rings. The van der Waals surface area contributed by atoms with Gasteiger partial charge in [-0.1, -0.05) is 6.58 Å². The molecule has 0 radical (unpaired) electrons. The highest BCUT2D eigenvalue weighted by Gasteiger charge is 2.34. The molecule has 0 saturated carbocycles. The molecule has 1 aromatic rings. The van der Waals surface area contributed by atoms with E-state index in [9.17, 15) is 19.2 Å². The summed E-state index contributed by atoms with van der Waals surface area (Å²) in [6.07, 6.45) is 6.06. The Morgan fingerprint density at radius 2 is 1.74 bits per heavy atom. The first-order valence-electron chi connectivity index (χ1n) is 14.5. The van der Waals surface area contributed by atoms with E-state index in [0.717, 1.165) is 50.5 Å². The van der Waals surface area contributed by atoms with E-state index < -0.39 is 29.6 Å². The Labute approximate surface area is 251 Å². The molecule has 4 rings (SSSR count). The fourth-order valence-electron chi connectivity index (χ4n) is 5.84. The Morgan fingerprint density at radius 3 is 2.35 bits per heavy atom. The van der Waals surface area contributed by atoms with Gasteiger partial charge in [-0.15, -0.1) is 0 Å². The quantitative estimate of drug-likeness (QED) is 0.180. The lowest BCUT2D eigenvalue weighted by Gasteiger charge is -2.40. The van der Waals surface area contributed by atoms with Crippen LogP contribution in [0.15, 0.2) is 48.1 Å². The van der Waals surface area contributed by atoms with E-state index in [1.807, 2.05) is 4.90 Å². The Bertz CT molecular complexity index is 1330. The molecule has 0 aliphatic carbocycles. The minimum Gasteiger partial charge on any atom is -0.394 e. The molecule has 0 spiro atoms. The SMILES string of the molecule is C=C1CCC(N(C=O)C(=O)c2cc(N3CCN(CC4CCN(/C(N)=C/C=C(\N)C(N)=O)CC4)CC3)c(F)cc2C)C(=O)N1. The van der Waals surface area contributed by atoms with Gasteiger partial charge in [0.05, 0.1) is 17.2 Å². The first-order valence-corrected chi connectivity index (χ1v) is 14.5. The van der Waals surface area contributed by atoms with Gasteiger partial charge in [-0.25, -0.2) is 4.39 Å². The molecule has 13 heteroatoms. The molecule has 3 aliphatic heterocycles. The summed E-state index contributed by atoms with van der Waals surface area (Å²) in [6, 6.07) is 1.87. The van der Waals surface area contributed by atoms with Crippen LogP contribution in [0.4, 0.5) is 10.1 Å². The average Bonchev–Trinajstić information content (AvgIpc) is 2.98. The zero-order valence-corrected chi connectivity index (χ0v) is 24.6. The number of nitrogens with two attached hydrogens (primary N) is 3. The van der Waals surface area contributed by atoms with Gasteiger partial charge in [0.25, 0.3) is 11.8 Å². The number of hydrogen-bond donors (Lipinski definition) is 4. The van der Waals surface area contributed by atoms with E-state index >= 15 is 4.39 Å². The maximum absolute atomic E-state index is 15.2. The Balaban J connectivity index is 1.33. The van der Waals surface area contributed by atoms with Crippen LogP contribution >= 0.6 is 0 Å². The highest BCUT2D eigenvalue weighted by molar-refractivity contribution is 6.05. The molecule has 7 N–H and O–H groups in total. The molecular weight excluding hydrogens is 555 g/mol. The second-order valence-corrected chi connectivity index (χ2v) is 11.4. The first kappa shape index (κ1) is 31.5. The molecule has 3 saturated heterocycles. The van der Waals surface area contributed by atoms with Crippen molar-refractivity contribution in [3.8, 4) is 0 Å². The van der Waals surface area contributed by atoms with E-state index in [4.69, 9.17) is 17.2 Å². The van der Waals surface area contributed by atoms with Gasteiger partial charge >= 0.3 is 0 Å². The second-order valence-electron chi connectivity index (χ2n) is 11.4. The Hall–Kier alpha value is -4.39. The van der Waals surface area contributed by atoms with Crippen molar-refractivity contribution in [2.45, 2.75) is 38.6 Å². The van der Waals surface area contributed by atoms with Crippen molar-refractivity contribution in [1.29, 1.82) is 0 Å². The molecule has 4 amide bonds. The number of anilines is 1. The van der Waals surface area contributed by atoms with Crippen LogP contribution in [0.2, 0.25) is 0 Å². The molecule has 0 aromatic heterocycles. The van der Waals surface area contributed by atoms with E-state index in [2.05, 4.69) is 21.7 Å². The minimum atomic E-state index is -0.941. The zero-order chi connectivity index (χ0) is 31.3. The van der Waals surface area contributed by atoms with Crippen molar-refractivity contribution in [2.75, 3.05) is 50.7 Å². The number of imide groups is 1. The third-order valence-corrected chi connectivity index (χ3v) is 8.46. The molecule has 1 atom stereocenters. The summed E-state index contributed by atoms with van der Waals surface area (Å²) in [5, 5.41) is 2.60. The summed E-state index contributed by atoms with van der Waals surface area (Å²) in [4.78, 5) is 56.1. The van der Waals surface area contributed by atoms with Crippen molar-refractivity contribution in [3.63, 3.8) is 0 Å². The van der Waals surface area contributed by atoms with Crippen LogP contribution in [0.1, 0.15) is 41.6 Å². The number of piperazine rings is 1. The fraction of sp³-hybridized carbons (Fsp3) is 0.467. The number of piperidine rings is 2. The number of nitrogens with one attached hydrogen (secondary N) is 1. The monoisotopic (exact) mass is 596 g/mol. The van der Waals surface area contributed by atoms with Gasteiger partial charge in [-0.3, -0.25) is 29.0 Å². The van der Waals surface area contributed by atoms with Gasteiger partial charge in [-0.2, -0.15) is 0 Å². The van der Waals surface area contributed by atoms with Crippen molar-refractivity contribution in [1.82, 2.24) is 20.0 Å². The summed E-state index contributed by atoms with van der Waals surface area (Å²) >= 11 is 0. The normalized spacial score (nSPS) is 21.0. The lowest BCUT2D eigenvalue weighted by atomic mass is 9.96. The lowest BCUT2D eigenvalue weighted by molar-refractivity contribution is -0.131. The number of rotatable bonds is 9. The zero-order valence-electron chi connectivity index (χ0n) is 24.6. The smallest absolute Gasteiger partial charge is 0.264 e. The third kappa shape index (κ3) is 7.53. The van der Waals surface area contributed by atoms with Crippen molar-refractivity contribution < 1.29 is 23.6 Å². The number of primary amides is 1. The van der Waals surface area contributed by atoms with Crippen LogP contribution in [0.5, 0.6) is 0 Å². The number of nitrogens with zero attached hydrogens (tertiary/aromatic N) is 4. The summed E-state index contributed by atoms with van der Waals surface area (Å²) < 4.78 is 15.2. The molecule has 232 valence electrons. The van der Waals surface area contributed by atoms with Gasteiger partial charge < -0.3 is 32.3 Å². The third-order valence-electron chi connectivity index (χ3n) is 8.46. The van der Waals surface area contributed by atoms with E-state index in [1.165, 1.54) is 18.2 Å². The van der Waals surface area contributed by atoms with Gasteiger partial charge in [0.2, 0.25) is 12.3 Å². The summed E-state index contributed by atoms with van der Waals surface area (Å²) in [7, 11) is 0. The van der Waals surface area contributed by atoms with E-state index in [-0.39, 0.29) is 17.7 Å². The van der Waals surface area contributed by atoms with Gasteiger partial charge in [-0.05, 0) is 68.4 Å². The highest BCUT2D eigenvalue weighted by atomic mass is 19.1. The molecule has 0 bridgehead atoms. The van der Waals surface area contributed by atoms with Gasteiger partial charge in [0.15, 0.2) is 0 Å². The number of aryl methyl sites for hydroxylation is 1. The molecule has 43 heavy (non-hydrogen) atoms. The minimum absolute atomic E-state index is 0.0475. The number of benzene rings is 1. The van der Waals surface area contributed by atoms with Crippen LogP contribution in [-0.2, 0) is 14.4 Å². The van der Waals surface area contributed by atoms with Gasteiger partial charge in [0.1, 0.15) is 11.9 Å². The van der Waals surface area contributed by atoms with Crippen LogP contribution < -0.4 is 27.4 Å². The van der Waals surface area contributed by atoms with Crippen molar-refractivity contribution in [2.24, 2.45) is 23.1 Å². The molecule has 12 nitrogen and oxygen atoms in total. The van der Waals surface area contributed by atoms with Crippen LogP contribution in [0, 0.1) is 18.7 Å². The number of hydrogen-bond acceptors (Lipinski definition) is 9.